The molecular weight excluding hydrogens is 741 g/mol. The van der Waals surface area contributed by atoms with E-state index in [-0.39, 0.29) is 0 Å². The molecule has 0 saturated heterocycles. The molecule has 0 aliphatic carbocycles. The van der Waals surface area contributed by atoms with Gasteiger partial charge in [0.1, 0.15) is 11.2 Å². The molecule has 0 spiro atoms. The molecule has 0 N–H and O–H groups in total. The van der Waals surface area contributed by atoms with Crippen molar-refractivity contribution in [1.82, 2.24) is 4.57 Å². The minimum atomic E-state index is 0.903. The predicted octanol–water partition coefficient (Wildman–Crippen LogP) is 16.3. The van der Waals surface area contributed by atoms with Crippen molar-refractivity contribution in [1.29, 1.82) is 0 Å². The molecule has 0 bridgehead atoms. The average Bonchev–Trinajstić information content (AvgIpc) is 3.88. The third-order valence-electron chi connectivity index (χ3n) is 12.2. The molecule has 0 unspecified atom stereocenters. The summed E-state index contributed by atoms with van der Waals surface area (Å²) in [6.45, 7) is 0. The van der Waals surface area contributed by atoms with Gasteiger partial charge in [-0.1, -0.05) is 170 Å². The van der Waals surface area contributed by atoms with Crippen LogP contribution in [0.2, 0.25) is 0 Å². The summed E-state index contributed by atoms with van der Waals surface area (Å²) in [7, 11) is 0. The Morgan fingerprint density at radius 1 is 0.344 bits per heavy atom. The van der Waals surface area contributed by atoms with E-state index in [1.54, 1.807) is 0 Å². The van der Waals surface area contributed by atoms with E-state index in [1.807, 2.05) is 12.1 Å². The van der Waals surface area contributed by atoms with Gasteiger partial charge in [-0.25, -0.2) is 0 Å². The number of nitrogens with zero attached hydrogens (tertiary/aromatic N) is 2. The number of aromatic nitrogens is 1. The fourth-order valence-electron chi connectivity index (χ4n) is 9.37. The highest BCUT2D eigenvalue weighted by atomic mass is 16.3. The zero-order valence-electron chi connectivity index (χ0n) is 33.2. The van der Waals surface area contributed by atoms with E-state index in [0.29, 0.717) is 0 Å². The van der Waals surface area contributed by atoms with Crippen LogP contribution in [0.15, 0.2) is 235 Å². The Labute approximate surface area is 353 Å². The van der Waals surface area contributed by atoms with Gasteiger partial charge in [0.05, 0.1) is 22.4 Å². The van der Waals surface area contributed by atoms with E-state index in [9.17, 15) is 0 Å². The molecule has 0 aliphatic heterocycles. The van der Waals surface area contributed by atoms with Crippen LogP contribution in [0, 0.1) is 0 Å². The largest absolute Gasteiger partial charge is 0.455 e. The lowest BCUT2D eigenvalue weighted by molar-refractivity contribution is 0.670. The highest BCUT2D eigenvalue weighted by Gasteiger charge is 2.20. The van der Waals surface area contributed by atoms with Crippen LogP contribution in [0.3, 0.4) is 0 Å². The van der Waals surface area contributed by atoms with Crippen LogP contribution in [-0.2, 0) is 0 Å². The summed E-state index contributed by atoms with van der Waals surface area (Å²) in [5.74, 6) is 0. The van der Waals surface area contributed by atoms with Gasteiger partial charge in [0.2, 0.25) is 0 Å². The summed E-state index contributed by atoms with van der Waals surface area (Å²) >= 11 is 0. The normalized spacial score (nSPS) is 11.6. The summed E-state index contributed by atoms with van der Waals surface area (Å²) < 4.78 is 8.87. The SMILES string of the molecule is c1cc(-c2ccccc2N(c2ccc(-c3cccc4c3oc3ccccc34)cc2)c2ccc3ccccc3c2)cc(-c2ccccc2-n2c3ccccc3c3ccccc32)c1. The van der Waals surface area contributed by atoms with E-state index in [1.165, 1.54) is 38.1 Å². The van der Waals surface area contributed by atoms with Crippen LogP contribution >= 0.6 is 0 Å². The second kappa shape index (κ2) is 14.3. The molecule has 12 aromatic rings. The summed E-state index contributed by atoms with van der Waals surface area (Å²) in [6, 6.07) is 83.0. The number of benzene rings is 10. The summed E-state index contributed by atoms with van der Waals surface area (Å²) in [5.41, 5.74) is 15.4. The number of rotatable bonds is 7. The van der Waals surface area contributed by atoms with E-state index in [0.717, 1.165) is 72.5 Å². The topological polar surface area (TPSA) is 21.3 Å². The van der Waals surface area contributed by atoms with Gasteiger partial charge in [-0.3, -0.25) is 0 Å². The maximum absolute atomic E-state index is 6.46. The zero-order chi connectivity index (χ0) is 40.3. The van der Waals surface area contributed by atoms with Crippen LogP contribution in [0.4, 0.5) is 17.1 Å². The fraction of sp³-hybridized carbons (Fsp3) is 0. The van der Waals surface area contributed by atoms with Gasteiger partial charge in [0.15, 0.2) is 0 Å². The van der Waals surface area contributed by atoms with Crippen molar-refractivity contribution in [3.8, 4) is 39.1 Å². The highest BCUT2D eigenvalue weighted by molar-refractivity contribution is 6.11. The van der Waals surface area contributed by atoms with Crippen LogP contribution in [0.5, 0.6) is 0 Å². The molecule has 3 heteroatoms. The van der Waals surface area contributed by atoms with Gasteiger partial charge in [-0.05, 0) is 88.1 Å². The molecule has 0 radical (unpaired) electrons. The molecule has 2 aromatic heterocycles. The van der Waals surface area contributed by atoms with Crippen LogP contribution in [-0.4, -0.2) is 4.57 Å². The second-order valence-corrected chi connectivity index (χ2v) is 15.7. The molecule has 0 fully saturated rings. The molecule has 0 amide bonds. The van der Waals surface area contributed by atoms with Gasteiger partial charge in [-0.15, -0.1) is 0 Å². The molecule has 286 valence electrons. The fourth-order valence-corrected chi connectivity index (χ4v) is 9.37. The predicted molar refractivity (Wildman–Crippen MR) is 257 cm³/mol. The Bertz CT molecular complexity index is 3560. The van der Waals surface area contributed by atoms with Crippen molar-refractivity contribution in [3.05, 3.63) is 231 Å². The minimum Gasteiger partial charge on any atom is -0.455 e. The number of anilines is 3. The van der Waals surface area contributed by atoms with Crippen molar-refractivity contribution in [2.45, 2.75) is 0 Å². The van der Waals surface area contributed by atoms with Gasteiger partial charge in [0.25, 0.3) is 0 Å². The number of fused-ring (bicyclic) bond motifs is 7. The van der Waals surface area contributed by atoms with Crippen LogP contribution < -0.4 is 4.90 Å². The van der Waals surface area contributed by atoms with E-state index in [4.69, 9.17) is 4.42 Å². The first-order chi connectivity index (χ1) is 30.3. The zero-order valence-corrected chi connectivity index (χ0v) is 33.2. The first-order valence-electron chi connectivity index (χ1n) is 20.8. The van der Waals surface area contributed by atoms with E-state index < -0.39 is 0 Å². The van der Waals surface area contributed by atoms with Crippen molar-refractivity contribution < 1.29 is 4.42 Å². The van der Waals surface area contributed by atoms with Crippen molar-refractivity contribution in [2.75, 3.05) is 4.90 Å². The molecule has 2 heterocycles. The standard InChI is InChI=1S/C58H38N2O/c1-2-16-41-38-45(36-31-39(41)15-1)59(44-34-32-40(33-35-44)48-24-14-25-52-51-23-7-12-30-57(51)61-58(48)52)53-26-8-3-19-46(53)42-17-13-18-43(37-42)47-20-4-9-27-54(47)60-55-28-10-5-21-49(55)50-22-6-11-29-56(50)60/h1-38H. The average molecular weight is 779 g/mol. The first-order valence-corrected chi connectivity index (χ1v) is 20.8. The lowest BCUT2D eigenvalue weighted by Gasteiger charge is -2.28. The Balaban J connectivity index is 0.998. The molecule has 3 nitrogen and oxygen atoms in total. The lowest BCUT2D eigenvalue weighted by atomic mass is 9.96. The minimum absolute atomic E-state index is 0.903. The molecule has 61 heavy (non-hydrogen) atoms. The highest BCUT2D eigenvalue weighted by Crippen LogP contribution is 2.44. The molecule has 12 rings (SSSR count). The first kappa shape index (κ1) is 34.9. The molecule has 0 aliphatic rings. The quantitative estimate of drug-likeness (QED) is 0.161. The van der Waals surface area contributed by atoms with E-state index in [2.05, 4.69) is 228 Å². The van der Waals surface area contributed by atoms with Crippen molar-refractivity contribution in [3.63, 3.8) is 0 Å². The maximum Gasteiger partial charge on any atom is 0.143 e. The van der Waals surface area contributed by atoms with Crippen molar-refractivity contribution >= 4 is 71.6 Å². The van der Waals surface area contributed by atoms with E-state index >= 15 is 0 Å². The summed E-state index contributed by atoms with van der Waals surface area (Å²) in [4.78, 5) is 2.39. The lowest BCUT2D eigenvalue weighted by Crippen LogP contribution is -2.11. The molecule has 10 aromatic carbocycles. The Morgan fingerprint density at radius 3 is 1.72 bits per heavy atom. The summed E-state index contributed by atoms with van der Waals surface area (Å²) in [6.07, 6.45) is 0. The number of hydrogen-bond donors (Lipinski definition) is 0. The van der Waals surface area contributed by atoms with Gasteiger partial charge < -0.3 is 13.9 Å². The monoisotopic (exact) mass is 778 g/mol. The number of para-hydroxylation sites is 6. The third-order valence-corrected chi connectivity index (χ3v) is 12.2. The van der Waals surface area contributed by atoms with Gasteiger partial charge in [0, 0.05) is 49.6 Å². The Hall–Kier alpha value is -8.14. The van der Waals surface area contributed by atoms with Crippen LogP contribution in [0.1, 0.15) is 0 Å². The molecular formula is C58H38N2O. The van der Waals surface area contributed by atoms with Crippen molar-refractivity contribution in [2.24, 2.45) is 0 Å². The Kier molecular flexibility index (Phi) is 8.17. The second-order valence-electron chi connectivity index (χ2n) is 15.7. The van der Waals surface area contributed by atoms with Gasteiger partial charge >= 0.3 is 0 Å². The number of furan rings is 1. The van der Waals surface area contributed by atoms with Gasteiger partial charge in [-0.2, -0.15) is 0 Å². The third kappa shape index (κ3) is 5.82. The Morgan fingerprint density at radius 2 is 0.918 bits per heavy atom. The molecule has 0 saturated carbocycles. The number of hydrogen-bond acceptors (Lipinski definition) is 2. The molecule has 0 atom stereocenters. The summed E-state index contributed by atoms with van der Waals surface area (Å²) in [5, 5.41) is 7.17. The maximum atomic E-state index is 6.46. The smallest absolute Gasteiger partial charge is 0.143 e. The van der Waals surface area contributed by atoms with Crippen LogP contribution in [0.25, 0.3) is 93.6 Å².